The van der Waals surface area contributed by atoms with E-state index in [1.54, 1.807) is 0 Å². The quantitative estimate of drug-likeness (QED) is 0.925. The molecule has 0 aliphatic carbocycles. The highest BCUT2D eigenvalue weighted by molar-refractivity contribution is 5.77. The van der Waals surface area contributed by atoms with Crippen LogP contribution in [0, 0.1) is 0 Å². The molecule has 3 rings (SSSR count). The number of rotatable bonds is 2. The Kier molecular flexibility index (Phi) is 3.56. The van der Waals surface area contributed by atoms with Crippen molar-refractivity contribution in [1.29, 1.82) is 0 Å². The molecule has 1 aromatic carbocycles. The maximum Gasteiger partial charge on any atom is 0.416 e. The summed E-state index contributed by atoms with van der Waals surface area (Å²) in [6, 6.07) is 3.31. The maximum atomic E-state index is 12.8. The first kappa shape index (κ1) is 14.8. The Bertz CT molecular complexity index is 724. The average molecular weight is 313 g/mol. The predicted octanol–water partition coefficient (Wildman–Crippen LogP) is 2.26. The normalized spacial score (nSPS) is 18.3. The number of hydrogen-bond acceptors (Lipinski definition) is 3. The van der Waals surface area contributed by atoms with Crippen LogP contribution in [0.15, 0.2) is 18.2 Å². The molecule has 22 heavy (non-hydrogen) atoms. The van der Waals surface area contributed by atoms with Crippen LogP contribution in [0.25, 0.3) is 11.0 Å². The van der Waals surface area contributed by atoms with E-state index in [1.165, 1.54) is 13.0 Å². The number of carbonyl (C=O) groups excluding carboxylic acids is 1. The molecule has 1 atom stereocenters. The molecule has 5 nitrogen and oxygen atoms in total. The zero-order valence-corrected chi connectivity index (χ0v) is 11.8. The second-order valence-corrected chi connectivity index (χ2v) is 5.21. The largest absolute Gasteiger partial charge is 0.416 e. The monoisotopic (exact) mass is 313 g/mol. The molecular weight excluding hydrogens is 299 g/mol. The van der Waals surface area contributed by atoms with Crippen LogP contribution in [0.3, 0.4) is 0 Å². The van der Waals surface area contributed by atoms with Crippen molar-refractivity contribution in [2.75, 3.05) is 13.2 Å². The van der Waals surface area contributed by atoms with Crippen molar-refractivity contribution in [1.82, 2.24) is 14.9 Å². The Morgan fingerprint density at radius 1 is 1.50 bits per heavy atom. The molecular formula is C14H14F3N3O2. The van der Waals surface area contributed by atoms with Gasteiger partial charge >= 0.3 is 6.18 Å². The molecule has 1 aliphatic rings. The summed E-state index contributed by atoms with van der Waals surface area (Å²) < 4.78 is 45.6. The van der Waals surface area contributed by atoms with Crippen molar-refractivity contribution in [3.05, 3.63) is 29.6 Å². The number of halogens is 3. The number of nitrogens with zero attached hydrogens (tertiary/aromatic N) is 2. The van der Waals surface area contributed by atoms with Crippen molar-refractivity contribution in [3.8, 4) is 0 Å². The molecule has 0 bridgehead atoms. The highest BCUT2D eigenvalue weighted by Crippen LogP contribution is 2.33. The Hall–Kier alpha value is -2.09. The van der Waals surface area contributed by atoms with Gasteiger partial charge in [-0.25, -0.2) is 4.98 Å². The smallest absolute Gasteiger partial charge is 0.371 e. The molecule has 2 heterocycles. The summed E-state index contributed by atoms with van der Waals surface area (Å²) in [6.45, 7) is 2.37. The van der Waals surface area contributed by atoms with E-state index < -0.39 is 11.7 Å². The first-order valence-corrected chi connectivity index (χ1v) is 6.76. The minimum absolute atomic E-state index is 0.170. The molecule has 0 radical (unpaired) electrons. The third-order valence-corrected chi connectivity index (χ3v) is 3.58. The summed E-state index contributed by atoms with van der Waals surface area (Å²) in [7, 11) is 0. The Labute approximate surface area is 124 Å². The fourth-order valence-corrected chi connectivity index (χ4v) is 2.61. The first-order valence-electron chi connectivity index (χ1n) is 6.76. The third kappa shape index (κ3) is 2.66. The number of amides is 1. The Morgan fingerprint density at radius 3 is 2.95 bits per heavy atom. The van der Waals surface area contributed by atoms with Gasteiger partial charge in [0.05, 0.1) is 29.2 Å². The summed E-state index contributed by atoms with van der Waals surface area (Å²) in [4.78, 5) is 15.3. The van der Waals surface area contributed by atoms with Gasteiger partial charge in [-0.3, -0.25) is 4.79 Å². The lowest BCUT2D eigenvalue weighted by atomic mass is 10.2. The van der Waals surface area contributed by atoms with Gasteiger partial charge in [-0.1, -0.05) is 0 Å². The molecule has 1 amide bonds. The molecule has 2 aromatic rings. The van der Waals surface area contributed by atoms with Gasteiger partial charge in [-0.05, 0) is 18.2 Å². The van der Waals surface area contributed by atoms with Crippen molar-refractivity contribution >= 4 is 16.9 Å². The number of fused-ring (bicyclic) bond motifs is 3. The molecule has 0 saturated carbocycles. The average Bonchev–Trinajstić information content (AvgIpc) is 2.82. The van der Waals surface area contributed by atoms with Crippen LogP contribution >= 0.6 is 0 Å². The lowest BCUT2D eigenvalue weighted by Crippen LogP contribution is -2.34. The summed E-state index contributed by atoms with van der Waals surface area (Å²) in [5, 5.41) is 2.70. The highest BCUT2D eigenvalue weighted by Gasteiger charge is 2.32. The zero-order chi connectivity index (χ0) is 15.9. The number of hydrogen-bond donors (Lipinski definition) is 1. The fourth-order valence-electron chi connectivity index (χ4n) is 2.61. The van der Waals surface area contributed by atoms with Gasteiger partial charge in [-0.15, -0.1) is 0 Å². The van der Waals surface area contributed by atoms with E-state index in [-0.39, 0.29) is 24.1 Å². The van der Waals surface area contributed by atoms with Crippen LogP contribution in [-0.4, -0.2) is 28.6 Å². The summed E-state index contributed by atoms with van der Waals surface area (Å²) in [5.41, 5.74) is 0.166. The van der Waals surface area contributed by atoms with Crippen molar-refractivity contribution in [2.24, 2.45) is 0 Å². The van der Waals surface area contributed by atoms with Crippen LogP contribution in [0.5, 0.6) is 0 Å². The van der Waals surface area contributed by atoms with Crippen LogP contribution < -0.4 is 5.32 Å². The number of imidazole rings is 1. The van der Waals surface area contributed by atoms with Crippen molar-refractivity contribution < 1.29 is 22.7 Å². The molecule has 1 aliphatic heterocycles. The van der Waals surface area contributed by atoms with Crippen molar-refractivity contribution in [2.45, 2.75) is 25.7 Å². The third-order valence-electron chi connectivity index (χ3n) is 3.58. The van der Waals surface area contributed by atoms with E-state index in [9.17, 15) is 18.0 Å². The molecule has 0 spiro atoms. The minimum Gasteiger partial charge on any atom is -0.371 e. The first-order chi connectivity index (χ1) is 10.4. The lowest BCUT2D eigenvalue weighted by molar-refractivity contribution is -0.137. The maximum absolute atomic E-state index is 12.8. The van der Waals surface area contributed by atoms with Gasteiger partial charge in [0.1, 0.15) is 12.4 Å². The van der Waals surface area contributed by atoms with Crippen LogP contribution in [-0.2, 0) is 22.3 Å². The van der Waals surface area contributed by atoms with E-state index >= 15 is 0 Å². The number of ether oxygens (including phenoxy) is 1. The van der Waals surface area contributed by atoms with Gasteiger partial charge in [0.2, 0.25) is 5.91 Å². The summed E-state index contributed by atoms with van der Waals surface area (Å²) >= 11 is 0. The van der Waals surface area contributed by atoms with Gasteiger partial charge < -0.3 is 14.6 Å². The van der Waals surface area contributed by atoms with E-state index in [4.69, 9.17) is 4.74 Å². The molecule has 0 fully saturated rings. The van der Waals surface area contributed by atoms with Gasteiger partial charge in [-0.2, -0.15) is 13.2 Å². The molecule has 8 heteroatoms. The molecule has 1 aromatic heterocycles. The number of nitrogens with one attached hydrogen (secondary N) is 1. The number of carbonyl (C=O) groups is 1. The van der Waals surface area contributed by atoms with Gasteiger partial charge in [0, 0.05) is 13.5 Å². The van der Waals surface area contributed by atoms with Gasteiger partial charge in [0.15, 0.2) is 0 Å². The van der Waals surface area contributed by atoms with E-state index in [2.05, 4.69) is 10.3 Å². The van der Waals surface area contributed by atoms with E-state index in [0.717, 1.165) is 12.1 Å². The molecule has 1 unspecified atom stereocenters. The lowest BCUT2D eigenvalue weighted by Gasteiger charge is -2.26. The highest BCUT2D eigenvalue weighted by atomic mass is 19.4. The number of alkyl halides is 3. The SMILES string of the molecule is CC(=O)NCC1COCc2nc3cc(C(F)(F)F)ccc3n21. The predicted molar refractivity (Wildman–Crippen MR) is 72.1 cm³/mol. The molecule has 118 valence electrons. The van der Waals surface area contributed by atoms with E-state index in [0.29, 0.717) is 24.5 Å². The standard InChI is InChI=1S/C14H14F3N3O2/c1-8(21)18-5-10-6-22-7-13-19-11-4-9(14(15,16)17)2-3-12(11)20(10)13/h2-4,10H,5-7H2,1H3,(H,18,21). The van der Waals surface area contributed by atoms with Crippen LogP contribution in [0.2, 0.25) is 0 Å². The zero-order valence-electron chi connectivity index (χ0n) is 11.8. The molecule has 1 N–H and O–H groups in total. The summed E-state index contributed by atoms with van der Waals surface area (Å²) in [6.07, 6.45) is -4.40. The summed E-state index contributed by atoms with van der Waals surface area (Å²) in [5.74, 6) is 0.395. The fraction of sp³-hybridized carbons (Fsp3) is 0.429. The number of aromatic nitrogens is 2. The topological polar surface area (TPSA) is 56.1 Å². The Balaban J connectivity index is 2.02. The number of benzene rings is 1. The van der Waals surface area contributed by atoms with Crippen LogP contribution in [0.4, 0.5) is 13.2 Å². The Morgan fingerprint density at radius 2 is 2.27 bits per heavy atom. The van der Waals surface area contributed by atoms with E-state index in [1.807, 2.05) is 4.57 Å². The van der Waals surface area contributed by atoms with Crippen molar-refractivity contribution in [3.63, 3.8) is 0 Å². The second kappa shape index (κ2) is 5.28. The van der Waals surface area contributed by atoms with Gasteiger partial charge in [0.25, 0.3) is 0 Å². The molecule has 0 saturated heterocycles. The minimum atomic E-state index is -4.40. The second-order valence-electron chi connectivity index (χ2n) is 5.21. The van der Waals surface area contributed by atoms with Crippen LogP contribution in [0.1, 0.15) is 24.4 Å².